The second-order valence-electron chi connectivity index (χ2n) is 4.24. The van der Waals surface area contributed by atoms with Crippen LogP contribution in [0.3, 0.4) is 0 Å². The average molecular weight is 272 g/mol. The Balaban J connectivity index is 2.01. The summed E-state index contributed by atoms with van der Waals surface area (Å²) in [7, 11) is 0. The van der Waals surface area contributed by atoms with Crippen molar-refractivity contribution in [2.45, 2.75) is 12.8 Å². The van der Waals surface area contributed by atoms with E-state index in [2.05, 4.69) is 10.3 Å². The van der Waals surface area contributed by atoms with Gasteiger partial charge in [0.15, 0.2) is 0 Å². The van der Waals surface area contributed by atoms with E-state index in [0.29, 0.717) is 19.1 Å². The third-order valence-electron chi connectivity index (χ3n) is 2.84. The summed E-state index contributed by atoms with van der Waals surface area (Å²) in [5.74, 6) is 0.630. The molecule has 18 heavy (non-hydrogen) atoms. The van der Waals surface area contributed by atoms with Gasteiger partial charge in [-0.3, -0.25) is 10.1 Å². The van der Waals surface area contributed by atoms with Gasteiger partial charge in [-0.05, 0) is 18.8 Å². The molecular formula is C11H14ClN3O3. The Labute approximate surface area is 109 Å². The van der Waals surface area contributed by atoms with E-state index in [9.17, 15) is 10.1 Å². The lowest BCUT2D eigenvalue weighted by molar-refractivity contribution is -0.384. The van der Waals surface area contributed by atoms with Crippen LogP contribution in [0, 0.1) is 16.0 Å². The Morgan fingerprint density at radius 1 is 1.67 bits per heavy atom. The molecule has 0 saturated carbocycles. The minimum absolute atomic E-state index is 0.0979. The first-order chi connectivity index (χ1) is 8.66. The van der Waals surface area contributed by atoms with Crippen molar-refractivity contribution in [3.8, 4) is 0 Å². The second kappa shape index (κ2) is 5.97. The largest absolute Gasteiger partial charge is 0.381 e. The molecule has 0 radical (unpaired) electrons. The molecule has 98 valence electrons. The lowest BCUT2D eigenvalue weighted by Gasteiger charge is -2.22. The predicted octanol–water partition coefficient (Wildman–Crippen LogP) is 2.48. The monoisotopic (exact) mass is 271 g/mol. The van der Waals surface area contributed by atoms with Crippen LogP contribution in [0.25, 0.3) is 0 Å². The van der Waals surface area contributed by atoms with Gasteiger partial charge >= 0.3 is 5.69 Å². The third kappa shape index (κ3) is 3.30. The lowest BCUT2D eigenvalue weighted by atomic mass is 10.0. The molecular weight excluding hydrogens is 258 g/mol. The zero-order valence-corrected chi connectivity index (χ0v) is 10.5. The van der Waals surface area contributed by atoms with E-state index in [1.165, 1.54) is 12.3 Å². The maximum Gasteiger partial charge on any atom is 0.312 e. The van der Waals surface area contributed by atoms with E-state index >= 15 is 0 Å². The van der Waals surface area contributed by atoms with Crippen LogP contribution < -0.4 is 5.32 Å². The molecule has 1 N–H and O–H groups in total. The minimum Gasteiger partial charge on any atom is -0.381 e. The maximum absolute atomic E-state index is 10.9. The summed E-state index contributed by atoms with van der Waals surface area (Å²) < 4.78 is 5.35. The molecule has 2 rings (SSSR count). The number of nitrogens with one attached hydrogen (secondary N) is 1. The van der Waals surface area contributed by atoms with Gasteiger partial charge in [-0.2, -0.15) is 0 Å². The van der Waals surface area contributed by atoms with Gasteiger partial charge in [-0.25, -0.2) is 4.98 Å². The molecule has 1 fully saturated rings. The van der Waals surface area contributed by atoms with Crippen LogP contribution in [0.2, 0.25) is 5.02 Å². The topological polar surface area (TPSA) is 77.3 Å². The van der Waals surface area contributed by atoms with Crippen molar-refractivity contribution >= 4 is 23.1 Å². The number of halogens is 1. The molecule has 0 aromatic carbocycles. The summed E-state index contributed by atoms with van der Waals surface area (Å²) in [6.07, 6.45) is 3.49. The molecule has 1 aliphatic heterocycles. The lowest BCUT2D eigenvalue weighted by Crippen LogP contribution is -2.24. The molecule has 1 atom stereocenters. The van der Waals surface area contributed by atoms with Crippen LogP contribution in [-0.4, -0.2) is 29.7 Å². The summed E-state index contributed by atoms with van der Waals surface area (Å²) in [6.45, 7) is 2.11. The first-order valence-electron chi connectivity index (χ1n) is 5.78. The number of hydrogen-bond acceptors (Lipinski definition) is 5. The Kier molecular flexibility index (Phi) is 4.33. The second-order valence-corrected chi connectivity index (χ2v) is 4.68. The van der Waals surface area contributed by atoms with Gasteiger partial charge < -0.3 is 10.1 Å². The third-order valence-corrected chi connectivity index (χ3v) is 3.05. The maximum atomic E-state index is 10.9. The molecule has 1 aliphatic rings. The minimum atomic E-state index is -0.488. The van der Waals surface area contributed by atoms with Crippen LogP contribution in [0.4, 0.5) is 11.5 Å². The number of hydrogen-bond donors (Lipinski definition) is 1. The quantitative estimate of drug-likeness (QED) is 0.672. The highest BCUT2D eigenvalue weighted by Crippen LogP contribution is 2.25. The number of nitro groups is 1. The summed E-state index contributed by atoms with van der Waals surface area (Å²) in [4.78, 5) is 14.3. The zero-order chi connectivity index (χ0) is 13.0. The van der Waals surface area contributed by atoms with E-state index < -0.39 is 4.92 Å². The Morgan fingerprint density at radius 2 is 2.50 bits per heavy atom. The molecule has 0 spiro atoms. The van der Waals surface area contributed by atoms with Gasteiger partial charge in [-0.15, -0.1) is 0 Å². The van der Waals surface area contributed by atoms with Crippen molar-refractivity contribution in [2.75, 3.05) is 25.1 Å². The Bertz CT molecular complexity index is 436. The SMILES string of the molecule is O=[N+]([O-])c1cc(Cl)cnc1NCC1CCCOC1. The van der Waals surface area contributed by atoms with E-state index in [-0.39, 0.29) is 16.5 Å². The molecule has 1 unspecified atom stereocenters. The fourth-order valence-corrected chi connectivity index (χ4v) is 2.07. The Hall–Kier alpha value is -1.40. The van der Waals surface area contributed by atoms with E-state index in [0.717, 1.165) is 19.4 Å². The van der Waals surface area contributed by atoms with Gasteiger partial charge in [0.1, 0.15) is 0 Å². The molecule has 1 aromatic heterocycles. The average Bonchev–Trinajstić information content (AvgIpc) is 2.38. The highest BCUT2D eigenvalue weighted by atomic mass is 35.5. The normalized spacial score (nSPS) is 19.5. The zero-order valence-electron chi connectivity index (χ0n) is 9.76. The highest BCUT2D eigenvalue weighted by molar-refractivity contribution is 6.30. The van der Waals surface area contributed by atoms with Crippen LogP contribution in [0.1, 0.15) is 12.8 Å². The molecule has 2 heterocycles. The molecule has 0 aliphatic carbocycles. The van der Waals surface area contributed by atoms with Crippen LogP contribution in [0.5, 0.6) is 0 Å². The van der Waals surface area contributed by atoms with E-state index in [4.69, 9.17) is 16.3 Å². The van der Waals surface area contributed by atoms with Gasteiger partial charge in [0.05, 0.1) is 16.6 Å². The predicted molar refractivity (Wildman–Crippen MR) is 67.9 cm³/mol. The number of ether oxygens (including phenoxy) is 1. The van der Waals surface area contributed by atoms with E-state index in [1.54, 1.807) is 0 Å². The molecule has 1 saturated heterocycles. The molecule has 0 amide bonds. The smallest absolute Gasteiger partial charge is 0.312 e. The molecule has 6 nitrogen and oxygen atoms in total. The first-order valence-corrected chi connectivity index (χ1v) is 6.16. The number of pyridine rings is 1. The van der Waals surface area contributed by atoms with Crippen molar-refractivity contribution in [1.82, 2.24) is 4.98 Å². The number of nitrogens with zero attached hydrogens (tertiary/aromatic N) is 2. The molecule has 1 aromatic rings. The first kappa shape index (κ1) is 13.0. The van der Waals surface area contributed by atoms with Gasteiger partial charge in [0.25, 0.3) is 0 Å². The fraction of sp³-hybridized carbons (Fsp3) is 0.545. The van der Waals surface area contributed by atoms with Crippen molar-refractivity contribution in [3.63, 3.8) is 0 Å². The van der Waals surface area contributed by atoms with Crippen LogP contribution in [-0.2, 0) is 4.74 Å². The van der Waals surface area contributed by atoms with Crippen molar-refractivity contribution in [3.05, 3.63) is 27.4 Å². The van der Waals surface area contributed by atoms with Crippen molar-refractivity contribution < 1.29 is 9.66 Å². The van der Waals surface area contributed by atoms with Gasteiger partial charge in [0, 0.05) is 25.4 Å². The molecule has 0 bridgehead atoms. The van der Waals surface area contributed by atoms with Crippen molar-refractivity contribution in [1.29, 1.82) is 0 Å². The van der Waals surface area contributed by atoms with Crippen molar-refractivity contribution in [2.24, 2.45) is 5.92 Å². The summed E-state index contributed by atoms with van der Waals surface area (Å²) in [6, 6.07) is 1.30. The Morgan fingerprint density at radius 3 is 3.17 bits per heavy atom. The van der Waals surface area contributed by atoms with Crippen LogP contribution in [0.15, 0.2) is 12.3 Å². The standard InChI is InChI=1S/C11H14ClN3O3/c12-9-4-10(15(16)17)11(14-6-9)13-5-8-2-1-3-18-7-8/h4,6,8H,1-3,5,7H2,(H,13,14). The summed E-state index contributed by atoms with van der Waals surface area (Å²) in [5.41, 5.74) is -0.0979. The number of rotatable bonds is 4. The summed E-state index contributed by atoms with van der Waals surface area (Å²) in [5, 5.41) is 14.1. The fourth-order valence-electron chi connectivity index (χ4n) is 1.91. The number of anilines is 1. The molecule has 7 heteroatoms. The van der Waals surface area contributed by atoms with Gasteiger partial charge in [0.2, 0.25) is 5.82 Å². The number of aromatic nitrogens is 1. The van der Waals surface area contributed by atoms with Gasteiger partial charge in [-0.1, -0.05) is 11.6 Å². The van der Waals surface area contributed by atoms with Crippen LogP contribution >= 0.6 is 11.6 Å². The summed E-state index contributed by atoms with van der Waals surface area (Å²) >= 11 is 5.70. The van der Waals surface area contributed by atoms with E-state index in [1.807, 2.05) is 0 Å². The highest BCUT2D eigenvalue weighted by Gasteiger charge is 2.18.